The van der Waals surface area contributed by atoms with Crippen LogP contribution in [0.5, 0.6) is 11.5 Å². The topological polar surface area (TPSA) is 145 Å². The fourth-order valence-corrected chi connectivity index (χ4v) is 7.86. The maximum atomic E-state index is 14.5. The molecule has 1 saturated heterocycles. The minimum Gasteiger partial charge on any atom is -0.497 e. The number of hydrogen-bond acceptors (Lipinski definition) is 9. The molecule has 0 spiro atoms. The van der Waals surface area contributed by atoms with Crippen LogP contribution in [0.4, 0.5) is 0 Å². The number of methoxy groups -OCH3 is 2. The number of carbonyl (C=O) groups is 2. The van der Waals surface area contributed by atoms with Crippen LogP contribution in [0.25, 0.3) is 39.8 Å². The summed E-state index contributed by atoms with van der Waals surface area (Å²) in [4.78, 5) is 29.2. The second-order valence-electron chi connectivity index (χ2n) is 11.4. The van der Waals surface area contributed by atoms with Gasteiger partial charge < -0.3 is 13.9 Å². The number of furan rings is 1. The predicted molar refractivity (Wildman–Crippen MR) is 178 cm³/mol. The van der Waals surface area contributed by atoms with Crippen LogP contribution in [0, 0.1) is 11.3 Å². The van der Waals surface area contributed by atoms with Gasteiger partial charge in [0.15, 0.2) is 26.9 Å². The van der Waals surface area contributed by atoms with Gasteiger partial charge in [-0.3, -0.25) is 14.5 Å². The number of para-hydroxylation sites is 2. The Morgan fingerprint density at radius 1 is 0.979 bits per heavy atom. The number of benzene rings is 3. The number of amides is 2. The van der Waals surface area contributed by atoms with E-state index in [-0.39, 0.29) is 34.6 Å². The van der Waals surface area contributed by atoms with Crippen LogP contribution in [0.15, 0.2) is 101 Å². The molecule has 12 heteroatoms. The third kappa shape index (κ3) is 5.34. The number of hydrogen-bond donors (Lipinski definition) is 0. The average molecular weight is 661 g/mol. The van der Waals surface area contributed by atoms with E-state index in [4.69, 9.17) is 19.0 Å². The van der Waals surface area contributed by atoms with Crippen molar-refractivity contribution in [3.05, 3.63) is 107 Å². The van der Waals surface area contributed by atoms with E-state index in [1.54, 1.807) is 54.4 Å². The van der Waals surface area contributed by atoms with E-state index in [1.807, 2.05) is 54.6 Å². The molecule has 1 fully saturated rings. The van der Waals surface area contributed by atoms with Crippen LogP contribution in [0.1, 0.15) is 17.5 Å². The maximum absolute atomic E-state index is 14.5. The first-order valence-corrected chi connectivity index (χ1v) is 16.8. The molecule has 2 amide bonds. The Hall–Kier alpha value is -5.93. The number of rotatable bonds is 7. The van der Waals surface area contributed by atoms with Crippen molar-refractivity contribution in [1.82, 2.24) is 14.7 Å². The van der Waals surface area contributed by atoms with E-state index in [1.165, 1.54) is 7.11 Å². The number of carbonyl (C=O) groups excluding carboxylic acids is 2. The van der Waals surface area contributed by atoms with Gasteiger partial charge in [-0.1, -0.05) is 42.5 Å². The quantitative estimate of drug-likeness (QED) is 0.169. The molecule has 2 aromatic heterocycles. The van der Waals surface area contributed by atoms with Crippen molar-refractivity contribution < 1.29 is 31.9 Å². The zero-order valence-electron chi connectivity index (χ0n) is 25.9. The molecule has 1 atom stereocenters. The zero-order valence-corrected chi connectivity index (χ0v) is 26.7. The van der Waals surface area contributed by atoms with Gasteiger partial charge in [-0.05, 0) is 54.5 Å². The summed E-state index contributed by atoms with van der Waals surface area (Å²) in [6, 6.07) is 24.5. The van der Waals surface area contributed by atoms with E-state index in [0.717, 1.165) is 16.0 Å². The summed E-state index contributed by atoms with van der Waals surface area (Å²) in [7, 11) is -0.404. The van der Waals surface area contributed by atoms with Crippen molar-refractivity contribution in [2.24, 2.45) is 0 Å². The molecule has 2 aliphatic heterocycles. The summed E-state index contributed by atoms with van der Waals surface area (Å²) in [6.45, 7) is 0. The Morgan fingerprint density at radius 2 is 1.75 bits per heavy atom. The lowest BCUT2D eigenvalue weighted by Gasteiger charge is -2.32. The molecule has 11 nitrogen and oxygen atoms in total. The average Bonchev–Trinajstić information content (AvgIpc) is 3.82. The molecule has 4 heterocycles. The third-order valence-corrected chi connectivity index (χ3v) is 10.2. The molecular formula is C36H28N4O7S. The molecule has 0 bridgehead atoms. The molecule has 0 aliphatic carbocycles. The molecule has 0 saturated carbocycles. The van der Waals surface area contributed by atoms with Crippen LogP contribution in [0.3, 0.4) is 0 Å². The summed E-state index contributed by atoms with van der Waals surface area (Å²) < 4.78 is 43.6. The van der Waals surface area contributed by atoms with E-state index >= 15 is 0 Å². The third-order valence-electron chi connectivity index (χ3n) is 8.49. The number of nitriles is 1. The Balaban J connectivity index is 1.47. The van der Waals surface area contributed by atoms with Crippen molar-refractivity contribution in [1.29, 1.82) is 5.26 Å². The minimum atomic E-state index is -3.47. The van der Waals surface area contributed by atoms with E-state index < -0.39 is 27.7 Å². The first-order chi connectivity index (χ1) is 23.2. The summed E-state index contributed by atoms with van der Waals surface area (Å²) in [5, 5.41) is 16.0. The second-order valence-corrected chi connectivity index (χ2v) is 13.6. The van der Waals surface area contributed by atoms with Crippen molar-refractivity contribution in [3.8, 4) is 34.7 Å². The van der Waals surface area contributed by atoms with Gasteiger partial charge in [-0.15, -0.1) is 0 Å². The van der Waals surface area contributed by atoms with Crippen molar-refractivity contribution >= 4 is 44.3 Å². The Labute approximate surface area is 275 Å². The van der Waals surface area contributed by atoms with Gasteiger partial charge in [0.2, 0.25) is 0 Å². The van der Waals surface area contributed by atoms with Crippen molar-refractivity contribution in [3.63, 3.8) is 0 Å². The van der Waals surface area contributed by atoms with Gasteiger partial charge >= 0.3 is 0 Å². The van der Waals surface area contributed by atoms with Crippen LogP contribution >= 0.6 is 0 Å². The highest BCUT2D eigenvalue weighted by Crippen LogP contribution is 2.40. The van der Waals surface area contributed by atoms with E-state index in [9.17, 15) is 23.3 Å². The first kappa shape index (κ1) is 30.7. The number of imide groups is 1. The molecule has 2 aliphatic rings. The number of fused-ring (bicyclic) bond motifs is 1. The van der Waals surface area contributed by atoms with Gasteiger partial charge in [0.05, 0.1) is 43.0 Å². The highest BCUT2D eigenvalue weighted by Gasteiger charge is 2.45. The summed E-state index contributed by atoms with van der Waals surface area (Å²) in [5.74, 6) is -0.604. The Kier molecular flexibility index (Phi) is 7.69. The fraction of sp³-hybridized carbons (Fsp3) is 0.167. The zero-order chi connectivity index (χ0) is 33.6. The van der Waals surface area contributed by atoms with Crippen molar-refractivity contribution in [2.45, 2.75) is 12.5 Å². The lowest BCUT2D eigenvalue weighted by atomic mass is 9.86. The molecule has 0 N–H and O–H groups in total. The molecule has 1 unspecified atom stereocenters. The minimum absolute atomic E-state index is 0.0307. The lowest BCUT2D eigenvalue weighted by molar-refractivity contribution is -0.142. The Bertz CT molecular complexity index is 2310. The highest BCUT2D eigenvalue weighted by molar-refractivity contribution is 7.91. The molecule has 3 aromatic carbocycles. The number of nitrogens with zero attached hydrogens (tertiary/aromatic N) is 4. The van der Waals surface area contributed by atoms with Crippen molar-refractivity contribution in [2.75, 3.05) is 25.7 Å². The van der Waals surface area contributed by atoms with Gasteiger partial charge in [0.25, 0.3) is 11.8 Å². The van der Waals surface area contributed by atoms with Crippen LogP contribution < -0.4 is 9.47 Å². The number of sulfone groups is 1. The summed E-state index contributed by atoms with van der Waals surface area (Å²) in [5.41, 5.74) is 2.41. The maximum Gasteiger partial charge on any atom is 0.272 e. The van der Waals surface area contributed by atoms with Gasteiger partial charge in [0.1, 0.15) is 23.1 Å². The van der Waals surface area contributed by atoms with Gasteiger partial charge in [-0.25, -0.2) is 13.1 Å². The fourth-order valence-electron chi connectivity index (χ4n) is 6.16. The van der Waals surface area contributed by atoms with E-state index in [0.29, 0.717) is 39.7 Å². The SMILES string of the molecule is COc1ccc(C2=C(C#N)C(=O)N(C3CCS(=O)(=O)C3)C(=O)/C2=C\c2cn(-c3ccccc3)nc2-c2cc3cccc(OC)c3o2)cc1. The molecule has 0 radical (unpaired) electrons. The number of aromatic nitrogens is 2. The standard InChI is InChI=1S/C36H28N4O7S/c1-45-27-13-11-22(12-14-27)32-28(35(41)40(36(42)29(32)19-37)26-15-16-48(43,44)21-26)17-24-20-39(25-8-4-3-5-9-25)38-33(24)31-18-23-7-6-10-30(46-2)34(23)47-31/h3-14,17-18,20,26H,15-16,21H2,1-2H3/b28-17-. The lowest BCUT2D eigenvalue weighted by Crippen LogP contribution is -2.49. The van der Waals surface area contributed by atoms with Crippen LogP contribution in [-0.4, -0.2) is 66.7 Å². The molecule has 7 rings (SSSR count). The second kappa shape index (κ2) is 12.0. The number of ether oxygens (including phenoxy) is 2. The Morgan fingerprint density at radius 3 is 2.42 bits per heavy atom. The molecule has 240 valence electrons. The van der Waals surface area contributed by atoms with Gasteiger partial charge in [-0.2, -0.15) is 10.4 Å². The van der Waals surface area contributed by atoms with Gasteiger partial charge in [0, 0.05) is 22.7 Å². The highest BCUT2D eigenvalue weighted by atomic mass is 32.2. The largest absolute Gasteiger partial charge is 0.497 e. The summed E-state index contributed by atoms with van der Waals surface area (Å²) in [6.07, 6.45) is 3.39. The van der Waals surface area contributed by atoms with E-state index in [2.05, 4.69) is 0 Å². The van der Waals surface area contributed by atoms with Crippen LogP contribution in [-0.2, 0) is 19.4 Å². The normalized spacial score (nSPS) is 18.5. The smallest absolute Gasteiger partial charge is 0.272 e. The molecular weight excluding hydrogens is 632 g/mol. The molecule has 48 heavy (non-hydrogen) atoms. The summed E-state index contributed by atoms with van der Waals surface area (Å²) >= 11 is 0. The van der Waals surface area contributed by atoms with Crippen LogP contribution in [0.2, 0.25) is 0 Å². The molecule has 5 aromatic rings. The monoisotopic (exact) mass is 660 g/mol. The first-order valence-electron chi connectivity index (χ1n) is 15.0. The predicted octanol–water partition coefficient (Wildman–Crippen LogP) is 5.22.